The molecule has 2 aliphatic rings. The maximum absolute atomic E-state index is 12.1. The first-order chi connectivity index (χ1) is 8.16. The van der Waals surface area contributed by atoms with Crippen molar-refractivity contribution >= 4 is 5.91 Å². The van der Waals surface area contributed by atoms with Crippen LogP contribution in [0.1, 0.15) is 32.6 Å². The van der Waals surface area contributed by atoms with Gasteiger partial charge in [-0.05, 0) is 31.6 Å². The van der Waals surface area contributed by atoms with Gasteiger partial charge in [0.25, 0.3) is 0 Å². The summed E-state index contributed by atoms with van der Waals surface area (Å²) >= 11 is 0. The number of amides is 1. The van der Waals surface area contributed by atoms with Crippen molar-refractivity contribution in [2.24, 2.45) is 23.5 Å². The van der Waals surface area contributed by atoms with Crippen molar-refractivity contribution < 1.29 is 9.53 Å². The lowest BCUT2D eigenvalue weighted by atomic mass is 9.78. The molecule has 2 rings (SSSR count). The normalized spacial score (nSPS) is 38.0. The van der Waals surface area contributed by atoms with Gasteiger partial charge in [0.15, 0.2) is 0 Å². The van der Waals surface area contributed by atoms with Crippen LogP contribution in [0.3, 0.4) is 0 Å². The molecule has 3 N–H and O–H groups in total. The molecule has 2 fully saturated rings. The molecule has 17 heavy (non-hydrogen) atoms. The zero-order valence-corrected chi connectivity index (χ0v) is 10.7. The van der Waals surface area contributed by atoms with Gasteiger partial charge in [0.2, 0.25) is 5.91 Å². The Morgan fingerprint density at radius 2 is 2.24 bits per heavy atom. The lowest BCUT2D eigenvalue weighted by Crippen LogP contribution is -2.42. The molecule has 4 atom stereocenters. The fourth-order valence-electron chi connectivity index (χ4n) is 2.95. The number of rotatable bonds is 3. The van der Waals surface area contributed by atoms with E-state index in [1.54, 1.807) is 0 Å². The molecule has 4 unspecified atom stereocenters. The van der Waals surface area contributed by atoms with E-state index in [-0.39, 0.29) is 17.9 Å². The van der Waals surface area contributed by atoms with Crippen LogP contribution in [-0.4, -0.2) is 31.7 Å². The summed E-state index contributed by atoms with van der Waals surface area (Å²) in [6.07, 6.45) is 3.97. The van der Waals surface area contributed by atoms with Gasteiger partial charge < -0.3 is 15.8 Å². The smallest absolute Gasteiger partial charge is 0.223 e. The summed E-state index contributed by atoms with van der Waals surface area (Å²) in [4.78, 5) is 12.1. The van der Waals surface area contributed by atoms with Gasteiger partial charge in [0.05, 0.1) is 6.61 Å². The van der Waals surface area contributed by atoms with Crippen molar-refractivity contribution in [2.75, 3.05) is 19.8 Å². The zero-order chi connectivity index (χ0) is 12.3. The second kappa shape index (κ2) is 5.83. The Morgan fingerprint density at radius 3 is 2.88 bits per heavy atom. The predicted molar refractivity (Wildman–Crippen MR) is 66.4 cm³/mol. The Kier molecular flexibility index (Phi) is 4.40. The van der Waals surface area contributed by atoms with E-state index < -0.39 is 0 Å². The molecule has 0 aromatic carbocycles. The standard InChI is InChI=1S/C13H24N2O2/c1-9-6-11(14)2-3-12(9)13(16)15-7-10-4-5-17-8-10/h9-12H,2-8,14H2,1H3,(H,15,16). The molecule has 4 heteroatoms. The number of ether oxygens (including phenoxy) is 1. The Morgan fingerprint density at radius 1 is 1.41 bits per heavy atom. The van der Waals surface area contributed by atoms with Gasteiger partial charge in [-0.2, -0.15) is 0 Å². The average molecular weight is 240 g/mol. The molecule has 1 heterocycles. The topological polar surface area (TPSA) is 64.4 Å². The van der Waals surface area contributed by atoms with Crippen LogP contribution in [0.4, 0.5) is 0 Å². The fourth-order valence-corrected chi connectivity index (χ4v) is 2.95. The average Bonchev–Trinajstić information content (AvgIpc) is 2.78. The second-order valence-corrected chi connectivity index (χ2v) is 5.63. The van der Waals surface area contributed by atoms with Crippen molar-refractivity contribution in [3.05, 3.63) is 0 Å². The molecule has 4 nitrogen and oxygen atoms in total. The van der Waals surface area contributed by atoms with Gasteiger partial charge in [-0.25, -0.2) is 0 Å². The van der Waals surface area contributed by atoms with E-state index in [2.05, 4.69) is 12.2 Å². The van der Waals surface area contributed by atoms with E-state index in [9.17, 15) is 4.79 Å². The highest BCUT2D eigenvalue weighted by Crippen LogP contribution is 2.29. The van der Waals surface area contributed by atoms with E-state index in [0.717, 1.165) is 45.4 Å². The fraction of sp³-hybridized carbons (Fsp3) is 0.923. The summed E-state index contributed by atoms with van der Waals surface area (Å²) in [5, 5.41) is 3.08. The van der Waals surface area contributed by atoms with Gasteiger partial charge in [-0.15, -0.1) is 0 Å². The highest BCUT2D eigenvalue weighted by Gasteiger charge is 2.31. The molecule has 1 aliphatic carbocycles. The lowest BCUT2D eigenvalue weighted by molar-refractivity contribution is -0.127. The Bertz CT molecular complexity index is 264. The summed E-state index contributed by atoms with van der Waals surface area (Å²) in [6, 6.07) is 0.289. The number of nitrogens with two attached hydrogens (primary N) is 1. The summed E-state index contributed by atoms with van der Waals surface area (Å²) < 4.78 is 5.30. The Balaban J connectivity index is 1.74. The van der Waals surface area contributed by atoms with E-state index >= 15 is 0 Å². The van der Waals surface area contributed by atoms with Crippen LogP contribution in [0.2, 0.25) is 0 Å². The molecule has 0 aromatic heterocycles. The molecule has 0 radical (unpaired) electrons. The van der Waals surface area contributed by atoms with Crippen LogP contribution in [0.15, 0.2) is 0 Å². The van der Waals surface area contributed by atoms with Crippen LogP contribution < -0.4 is 11.1 Å². The van der Waals surface area contributed by atoms with Gasteiger partial charge in [0, 0.05) is 31.0 Å². The molecule has 1 saturated carbocycles. The van der Waals surface area contributed by atoms with Crippen molar-refractivity contribution in [1.29, 1.82) is 0 Å². The quantitative estimate of drug-likeness (QED) is 0.770. The van der Waals surface area contributed by atoms with E-state index in [1.807, 2.05) is 0 Å². The molecule has 1 amide bonds. The number of nitrogens with one attached hydrogen (secondary N) is 1. The number of carbonyl (C=O) groups excluding carboxylic acids is 1. The zero-order valence-electron chi connectivity index (χ0n) is 10.7. The first-order valence-corrected chi connectivity index (χ1v) is 6.78. The first-order valence-electron chi connectivity index (χ1n) is 6.78. The summed E-state index contributed by atoms with van der Waals surface area (Å²) in [7, 11) is 0. The SMILES string of the molecule is CC1CC(N)CCC1C(=O)NCC1CCOC1. The maximum Gasteiger partial charge on any atom is 0.223 e. The molecule has 0 spiro atoms. The highest BCUT2D eigenvalue weighted by atomic mass is 16.5. The van der Waals surface area contributed by atoms with Crippen molar-refractivity contribution in [3.8, 4) is 0 Å². The monoisotopic (exact) mass is 240 g/mol. The predicted octanol–water partition coefficient (Wildman–Crippen LogP) is 0.903. The summed E-state index contributed by atoms with van der Waals surface area (Å²) in [6.45, 7) is 4.55. The molecular weight excluding hydrogens is 216 g/mol. The lowest BCUT2D eigenvalue weighted by Gasteiger charge is -2.31. The third kappa shape index (κ3) is 3.42. The molecule has 1 saturated heterocycles. The van der Waals surface area contributed by atoms with Gasteiger partial charge in [-0.3, -0.25) is 4.79 Å². The van der Waals surface area contributed by atoms with Crippen LogP contribution in [0.5, 0.6) is 0 Å². The van der Waals surface area contributed by atoms with Gasteiger partial charge >= 0.3 is 0 Å². The van der Waals surface area contributed by atoms with Crippen LogP contribution in [-0.2, 0) is 9.53 Å². The summed E-state index contributed by atoms with van der Waals surface area (Å²) in [5.41, 5.74) is 5.91. The van der Waals surface area contributed by atoms with Crippen molar-refractivity contribution in [1.82, 2.24) is 5.32 Å². The van der Waals surface area contributed by atoms with Gasteiger partial charge in [0.1, 0.15) is 0 Å². The highest BCUT2D eigenvalue weighted by molar-refractivity contribution is 5.79. The molecule has 0 bridgehead atoms. The van der Waals surface area contributed by atoms with Crippen LogP contribution >= 0.6 is 0 Å². The largest absolute Gasteiger partial charge is 0.381 e. The third-order valence-corrected chi connectivity index (χ3v) is 4.14. The van der Waals surface area contributed by atoms with E-state index in [4.69, 9.17) is 10.5 Å². The summed E-state index contributed by atoms with van der Waals surface area (Å²) in [5.74, 6) is 1.31. The van der Waals surface area contributed by atoms with Crippen LogP contribution in [0, 0.1) is 17.8 Å². The molecular formula is C13H24N2O2. The third-order valence-electron chi connectivity index (χ3n) is 4.14. The molecule has 98 valence electrons. The first kappa shape index (κ1) is 12.8. The van der Waals surface area contributed by atoms with Crippen LogP contribution in [0.25, 0.3) is 0 Å². The van der Waals surface area contributed by atoms with E-state index in [0.29, 0.717) is 11.8 Å². The molecule has 1 aliphatic heterocycles. The number of hydrogen-bond donors (Lipinski definition) is 2. The Labute approximate surface area is 103 Å². The van der Waals surface area contributed by atoms with Gasteiger partial charge in [-0.1, -0.05) is 6.92 Å². The molecule has 0 aromatic rings. The number of carbonyl (C=O) groups is 1. The minimum absolute atomic E-state index is 0.164. The minimum atomic E-state index is 0.164. The van der Waals surface area contributed by atoms with Crippen molar-refractivity contribution in [2.45, 2.75) is 38.6 Å². The Hall–Kier alpha value is -0.610. The van der Waals surface area contributed by atoms with E-state index in [1.165, 1.54) is 0 Å². The number of hydrogen-bond acceptors (Lipinski definition) is 3. The van der Waals surface area contributed by atoms with Crippen molar-refractivity contribution in [3.63, 3.8) is 0 Å². The second-order valence-electron chi connectivity index (χ2n) is 5.63. The minimum Gasteiger partial charge on any atom is -0.381 e. The maximum atomic E-state index is 12.1.